The number of primary amides is 1. The molecule has 2 N–H and O–H groups in total. The summed E-state index contributed by atoms with van der Waals surface area (Å²) in [6.45, 7) is 10.5. The Morgan fingerprint density at radius 3 is 2.12 bits per heavy atom. The van der Waals surface area contributed by atoms with Crippen LogP contribution in [0.25, 0.3) is 0 Å². The molecule has 1 amide bonds. The molecule has 2 atom stereocenters. The fraction of sp³-hybridized carbons (Fsp3) is 0.857. The number of hydrogen-bond acceptors (Lipinski definition) is 2. The van der Waals surface area contributed by atoms with E-state index in [1.54, 1.807) is 0 Å². The van der Waals surface area contributed by atoms with Gasteiger partial charge < -0.3 is 5.73 Å². The van der Waals surface area contributed by atoms with E-state index in [0.717, 1.165) is 12.8 Å². The summed E-state index contributed by atoms with van der Waals surface area (Å²) < 4.78 is 0. The van der Waals surface area contributed by atoms with Gasteiger partial charge in [-0.05, 0) is 24.2 Å². The zero-order valence-corrected chi connectivity index (χ0v) is 11.9. The van der Waals surface area contributed by atoms with Gasteiger partial charge in [0, 0.05) is 6.42 Å². The van der Waals surface area contributed by atoms with Crippen LogP contribution < -0.4 is 5.73 Å². The summed E-state index contributed by atoms with van der Waals surface area (Å²) in [4.78, 5) is 23.2. The van der Waals surface area contributed by atoms with Gasteiger partial charge in [-0.15, -0.1) is 0 Å². The Labute approximate surface area is 105 Å². The Kier molecular flexibility index (Phi) is 6.43. The number of carbonyl (C=O) groups excluding carboxylic acids is 2. The molecule has 0 aliphatic heterocycles. The molecule has 0 fully saturated rings. The zero-order valence-electron chi connectivity index (χ0n) is 11.9. The molecule has 0 rings (SSSR count). The molecular weight excluding hydrogens is 214 g/mol. The van der Waals surface area contributed by atoms with E-state index in [4.69, 9.17) is 5.73 Å². The second kappa shape index (κ2) is 6.77. The van der Waals surface area contributed by atoms with E-state index in [1.807, 2.05) is 6.92 Å². The minimum atomic E-state index is -0.581. The highest BCUT2D eigenvalue weighted by Crippen LogP contribution is 2.27. The van der Waals surface area contributed by atoms with E-state index in [2.05, 4.69) is 27.7 Å². The Morgan fingerprint density at radius 2 is 1.76 bits per heavy atom. The van der Waals surface area contributed by atoms with E-state index in [9.17, 15) is 9.59 Å². The van der Waals surface area contributed by atoms with Crippen molar-refractivity contribution >= 4 is 11.7 Å². The molecule has 0 saturated carbocycles. The number of ketones is 1. The van der Waals surface area contributed by atoms with Gasteiger partial charge in [-0.3, -0.25) is 9.59 Å². The van der Waals surface area contributed by atoms with Crippen LogP contribution >= 0.6 is 0 Å². The maximum atomic E-state index is 12.0. The maximum absolute atomic E-state index is 12.0. The third-order valence-electron chi connectivity index (χ3n) is 2.82. The normalized spacial score (nSPS) is 15.4. The van der Waals surface area contributed by atoms with Gasteiger partial charge >= 0.3 is 0 Å². The molecule has 0 radical (unpaired) electrons. The molecule has 0 aromatic heterocycles. The second-order valence-electron chi connectivity index (χ2n) is 6.28. The predicted octanol–water partition coefficient (Wildman–Crippen LogP) is 2.92. The monoisotopic (exact) mass is 241 g/mol. The first-order valence-corrected chi connectivity index (χ1v) is 6.49. The van der Waals surface area contributed by atoms with Crippen molar-refractivity contribution in [2.45, 2.75) is 60.3 Å². The van der Waals surface area contributed by atoms with Gasteiger partial charge in [-0.25, -0.2) is 0 Å². The molecule has 0 aromatic carbocycles. The van der Waals surface area contributed by atoms with Crippen molar-refractivity contribution < 1.29 is 9.59 Å². The van der Waals surface area contributed by atoms with E-state index in [0.29, 0.717) is 18.8 Å². The molecule has 2 unspecified atom stereocenters. The quantitative estimate of drug-likeness (QED) is 0.697. The Bertz CT molecular complexity index is 266. The summed E-state index contributed by atoms with van der Waals surface area (Å²) in [6, 6.07) is 0. The van der Waals surface area contributed by atoms with Crippen LogP contribution in [0.3, 0.4) is 0 Å². The highest BCUT2D eigenvalue weighted by atomic mass is 16.2. The van der Waals surface area contributed by atoms with Crippen molar-refractivity contribution in [2.24, 2.45) is 23.0 Å². The van der Waals surface area contributed by atoms with Crippen LogP contribution in [0.4, 0.5) is 0 Å². The van der Waals surface area contributed by atoms with Crippen molar-refractivity contribution in [3.05, 3.63) is 0 Å². The van der Waals surface area contributed by atoms with Gasteiger partial charge in [0.05, 0.1) is 5.92 Å². The summed E-state index contributed by atoms with van der Waals surface area (Å²) in [5.41, 5.74) is 5.48. The van der Waals surface area contributed by atoms with Crippen molar-refractivity contribution in [1.29, 1.82) is 0 Å². The van der Waals surface area contributed by atoms with Crippen LogP contribution in [0.2, 0.25) is 0 Å². The SMILES string of the molecule is CCCC(C(N)=O)C(=O)CC(C)CC(C)(C)C. The lowest BCUT2D eigenvalue weighted by atomic mass is 9.81. The maximum Gasteiger partial charge on any atom is 0.227 e. The van der Waals surface area contributed by atoms with Crippen LogP contribution in [0.5, 0.6) is 0 Å². The number of hydrogen-bond donors (Lipinski definition) is 1. The summed E-state index contributed by atoms with van der Waals surface area (Å²) in [6.07, 6.45) is 2.84. The molecule has 17 heavy (non-hydrogen) atoms. The number of carbonyl (C=O) groups is 2. The number of Topliss-reactive ketones (excluding diaryl/α,β-unsaturated/α-hetero) is 1. The third-order valence-corrected chi connectivity index (χ3v) is 2.82. The number of rotatable bonds is 7. The summed E-state index contributed by atoms with van der Waals surface area (Å²) in [5, 5.41) is 0. The Balaban J connectivity index is 4.35. The zero-order chi connectivity index (χ0) is 13.6. The summed E-state index contributed by atoms with van der Waals surface area (Å²) in [5.74, 6) is -0.737. The minimum Gasteiger partial charge on any atom is -0.369 e. The van der Waals surface area contributed by atoms with E-state index >= 15 is 0 Å². The molecule has 0 heterocycles. The summed E-state index contributed by atoms with van der Waals surface area (Å²) in [7, 11) is 0. The van der Waals surface area contributed by atoms with Gasteiger partial charge in [-0.2, -0.15) is 0 Å². The topological polar surface area (TPSA) is 60.2 Å². The van der Waals surface area contributed by atoms with Crippen LogP contribution in [-0.4, -0.2) is 11.7 Å². The molecule has 3 heteroatoms. The average Bonchev–Trinajstić information content (AvgIpc) is 2.09. The van der Waals surface area contributed by atoms with Crippen LogP contribution in [0, 0.1) is 17.3 Å². The lowest BCUT2D eigenvalue weighted by Gasteiger charge is -2.23. The van der Waals surface area contributed by atoms with E-state index in [1.165, 1.54) is 0 Å². The third kappa shape index (κ3) is 7.14. The minimum absolute atomic E-state index is 0.0103. The molecular formula is C14H27NO2. The van der Waals surface area contributed by atoms with Crippen molar-refractivity contribution in [2.75, 3.05) is 0 Å². The highest BCUT2D eigenvalue weighted by molar-refractivity contribution is 6.00. The van der Waals surface area contributed by atoms with Gasteiger partial charge in [-0.1, -0.05) is 41.0 Å². The Morgan fingerprint density at radius 1 is 1.24 bits per heavy atom. The van der Waals surface area contributed by atoms with Crippen molar-refractivity contribution in [3.8, 4) is 0 Å². The van der Waals surface area contributed by atoms with Crippen molar-refractivity contribution in [1.82, 2.24) is 0 Å². The fourth-order valence-corrected chi connectivity index (χ4v) is 2.35. The van der Waals surface area contributed by atoms with Crippen LogP contribution in [0.1, 0.15) is 60.3 Å². The average molecular weight is 241 g/mol. The van der Waals surface area contributed by atoms with Gasteiger partial charge in [0.1, 0.15) is 5.78 Å². The first-order valence-electron chi connectivity index (χ1n) is 6.49. The molecule has 0 aromatic rings. The van der Waals surface area contributed by atoms with Gasteiger partial charge in [0.15, 0.2) is 0 Å². The van der Waals surface area contributed by atoms with Gasteiger partial charge in [0.25, 0.3) is 0 Å². The molecule has 0 spiro atoms. The summed E-state index contributed by atoms with van der Waals surface area (Å²) >= 11 is 0. The largest absolute Gasteiger partial charge is 0.369 e. The molecule has 0 aliphatic rings. The molecule has 100 valence electrons. The second-order valence-corrected chi connectivity index (χ2v) is 6.28. The van der Waals surface area contributed by atoms with Crippen LogP contribution in [-0.2, 0) is 9.59 Å². The molecule has 0 aliphatic carbocycles. The van der Waals surface area contributed by atoms with Crippen LogP contribution in [0.15, 0.2) is 0 Å². The number of amides is 1. The Hall–Kier alpha value is -0.860. The lowest BCUT2D eigenvalue weighted by molar-refractivity contribution is -0.133. The first-order chi connectivity index (χ1) is 7.67. The van der Waals surface area contributed by atoms with E-state index in [-0.39, 0.29) is 11.2 Å². The fourth-order valence-electron chi connectivity index (χ4n) is 2.35. The smallest absolute Gasteiger partial charge is 0.227 e. The number of nitrogens with two attached hydrogens (primary N) is 1. The molecule has 0 bridgehead atoms. The molecule has 0 saturated heterocycles. The lowest BCUT2D eigenvalue weighted by Crippen LogP contribution is -2.31. The van der Waals surface area contributed by atoms with Gasteiger partial charge in [0.2, 0.25) is 5.91 Å². The standard InChI is InChI=1S/C14H27NO2/c1-6-7-11(13(15)17)12(16)8-10(2)9-14(3,4)5/h10-11H,6-9H2,1-5H3,(H2,15,17). The van der Waals surface area contributed by atoms with Crippen molar-refractivity contribution in [3.63, 3.8) is 0 Å². The van der Waals surface area contributed by atoms with E-state index < -0.39 is 11.8 Å². The molecule has 3 nitrogen and oxygen atoms in total. The predicted molar refractivity (Wildman–Crippen MR) is 70.5 cm³/mol. The highest BCUT2D eigenvalue weighted by Gasteiger charge is 2.26. The first kappa shape index (κ1) is 16.1.